The van der Waals surface area contributed by atoms with Crippen LogP contribution in [0.4, 0.5) is 0 Å². The van der Waals surface area contributed by atoms with Crippen LogP contribution >= 0.6 is 0 Å². The van der Waals surface area contributed by atoms with Crippen molar-refractivity contribution in [2.24, 2.45) is 0 Å². The number of carbonyl (C=O) groups excluding carboxylic acids is 1. The Kier molecular flexibility index (Phi) is 4.56. The Balaban J connectivity index is 2.00. The van der Waals surface area contributed by atoms with Crippen LogP contribution < -0.4 is 4.74 Å². The summed E-state index contributed by atoms with van der Waals surface area (Å²) in [5, 5.41) is 0.964. The molecule has 3 rings (SSSR count). The molecule has 0 saturated carbocycles. The molecule has 0 saturated heterocycles. The normalized spacial score (nSPS) is 10.8. The van der Waals surface area contributed by atoms with E-state index in [1.807, 2.05) is 30.3 Å². The van der Waals surface area contributed by atoms with Crippen molar-refractivity contribution in [1.82, 2.24) is 0 Å². The molecule has 0 bridgehead atoms. The Labute approximate surface area is 141 Å². The van der Waals surface area contributed by atoms with E-state index in [4.69, 9.17) is 13.9 Å². The van der Waals surface area contributed by atoms with Gasteiger partial charge in [-0.1, -0.05) is 23.8 Å². The molecule has 0 aliphatic heterocycles. The van der Waals surface area contributed by atoms with Gasteiger partial charge in [0.25, 0.3) is 0 Å². The van der Waals surface area contributed by atoms with E-state index in [1.165, 1.54) is 12.7 Å². The van der Waals surface area contributed by atoms with E-state index in [0.29, 0.717) is 18.6 Å². The number of aryl methyl sites for hydroxylation is 2. The second-order valence-corrected chi connectivity index (χ2v) is 5.77. The molecule has 0 spiro atoms. The fourth-order valence-electron chi connectivity index (χ4n) is 2.77. The van der Waals surface area contributed by atoms with Crippen molar-refractivity contribution < 1.29 is 18.7 Å². The van der Waals surface area contributed by atoms with Crippen molar-refractivity contribution in [1.29, 1.82) is 0 Å². The SMILES string of the molecule is COC(=O)CCc1cc(OC)c2oc(-c3cccc(C)c3)cc2c1. The quantitative estimate of drug-likeness (QED) is 0.647. The van der Waals surface area contributed by atoms with Gasteiger partial charge >= 0.3 is 5.97 Å². The number of methoxy groups -OCH3 is 2. The summed E-state index contributed by atoms with van der Waals surface area (Å²) in [4.78, 5) is 11.4. The highest BCUT2D eigenvalue weighted by Gasteiger charge is 2.13. The molecular weight excluding hydrogens is 304 g/mol. The Hall–Kier alpha value is -2.75. The molecule has 4 heteroatoms. The molecular formula is C20H20O4. The minimum atomic E-state index is -0.221. The van der Waals surface area contributed by atoms with Gasteiger partial charge in [-0.15, -0.1) is 0 Å². The molecule has 1 heterocycles. The van der Waals surface area contributed by atoms with Gasteiger partial charge in [-0.3, -0.25) is 4.79 Å². The van der Waals surface area contributed by atoms with Crippen molar-refractivity contribution >= 4 is 16.9 Å². The van der Waals surface area contributed by atoms with E-state index in [2.05, 4.69) is 19.1 Å². The fraction of sp³-hybridized carbons (Fsp3) is 0.250. The van der Waals surface area contributed by atoms with Crippen molar-refractivity contribution in [3.8, 4) is 17.1 Å². The molecule has 0 aliphatic rings. The van der Waals surface area contributed by atoms with Crippen molar-refractivity contribution in [3.63, 3.8) is 0 Å². The first-order valence-corrected chi connectivity index (χ1v) is 7.85. The first-order chi connectivity index (χ1) is 11.6. The molecule has 0 N–H and O–H groups in total. The molecule has 0 amide bonds. The van der Waals surface area contributed by atoms with E-state index < -0.39 is 0 Å². The van der Waals surface area contributed by atoms with Gasteiger partial charge in [0, 0.05) is 17.4 Å². The summed E-state index contributed by atoms with van der Waals surface area (Å²) in [6.07, 6.45) is 0.942. The van der Waals surface area contributed by atoms with Crippen LogP contribution in [0, 0.1) is 6.92 Å². The number of furan rings is 1. The van der Waals surface area contributed by atoms with E-state index in [9.17, 15) is 4.79 Å². The average molecular weight is 324 g/mol. The minimum absolute atomic E-state index is 0.221. The predicted octanol–water partition coefficient (Wildman–Crippen LogP) is 4.52. The second-order valence-electron chi connectivity index (χ2n) is 5.77. The first kappa shape index (κ1) is 16.1. The van der Waals surface area contributed by atoms with Crippen LogP contribution in [0.25, 0.3) is 22.3 Å². The van der Waals surface area contributed by atoms with Crippen LogP contribution in [0.15, 0.2) is 46.9 Å². The highest BCUT2D eigenvalue weighted by atomic mass is 16.5. The minimum Gasteiger partial charge on any atom is -0.493 e. The van der Waals surface area contributed by atoms with Crippen LogP contribution in [0.5, 0.6) is 5.75 Å². The zero-order chi connectivity index (χ0) is 17.1. The van der Waals surface area contributed by atoms with Gasteiger partial charge in [-0.05, 0) is 43.2 Å². The third-order valence-corrected chi connectivity index (χ3v) is 4.01. The van der Waals surface area contributed by atoms with Crippen LogP contribution in [-0.2, 0) is 16.0 Å². The molecule has 0 radical (unpaired) electrons. The summed E-state index contributed by atoms with van der Waals surface area (Å²) in [6.45, 7) is 2.05. The lowest BCUT2D eigenvalue weighted by Crippen LogP contribution is -2.02. The van der Waals surface area contributed by atoms with Gasteiger partial charge in [0.15, 0.2) is 11.3 Å². The standard InChI is InChI=1S/C20H20O4/c1-13-5-4-6-15(9-13)17-12-16-10-14(7-8-19(21)23-3)11-18(22-2)20(16)24-17/h4-6,9-12H,7-8H2,1-3H3. The van der Waals surface area contributed by atoms with Crippen LogP contribution in [0.2, 0.25) is 0 Å². The van der Waals surface area contributed by atoms with Gasteiger partial charge in [-0.25, -0.2) is 0 Å². The third-order valence-electron chi connectivity index (χ3n) is 4.01. The lowest BCUT2D eigenvalue weighted by molar-refractivity contribution is -0.140. The Morgan fingerprint density at radius 3 is 2.67 bits per heavy atom. The van der Waals surface area contributed by atoms with Gasteiger partial charge in [0.2, 0.25) is 0 Å². The Morgan fingerprint density at radius 2 is 1.96 bits per heavy atom. The smallest absolute Gasteiger partial charge is 0.305 e. The number of hydrogen-bond donors (Lipinski definition) is 0. The van der Waals surface area contributed by atoms with Gasteiger partial charge in [0.05, 0.1) is 14.2 Å². The predicted molar refractivity (Wildman–Crippen MR) is 93.3 cm³/mol. The number of benzene rings is 2. The summed E-state index contributed by atoms with van der Waals surface area (Å²) in [7, 11) is 3.02. The molecule has 4 nitrogen and oxygen atoms in total. The number of hydrogen-bond acceptors (Lipinski definition) is 4. The van der Waals surface area contributed by atoms with Crippen LogP contribution in [0.1, 0.15) is 17.5 Å². The van der Waals surface area contributed by atoms with E-state index in [1.54, 1.807) is 7.11 Å². The monoisotopic (exact) mass is 324 g/mol. The molecule has 0 fully saturated rings. The zero-order valence-electron chi connectivity index (χ0n) is 14.1. The van der Waals surface area contributed by atoms with Gasteiger partial charge in [-0.2, -0.15) is 0 Å². The molecule has 124 valence electrons. The average Bonchev–Trinajstić information content (AvgIpc) is 3.03. The van der Waals surface area contributed by atoms with E-state index in [-0.39, 0.29) is 5.97 Å². The van der Waals surface area contributed by atoms with Gasteiger partial charge in [0.1, 0.15) is 5.76 Å². The summed E-state index contributed by atoms with van der Waals surface area (Å²) < 4.78 is 16.2. The summed E-state index contributed by atoms with van der Waals surface area (Å²) in [5.74, 6) is 1.25. The fourth-order valence-corrected chi connectivity index (χ4v) is 2.77. The Morgan fingerprint density at radius 1 is 1.12 bits per heavy atom. The highest BCUT2D eigenvalue weighted by molar-refractivity contribution is 5.88. The topological polar surface area (TPSA) is 48.7 Å². The summed E-state index contributed by atoms with van der Waals surface area (Å²) in [6, 6.07) is 14.1. The van der Waals surface area contributed by atoms with Crippen LogP contribution in [-0.4, -0.2) is 20.2 Å². The zero-order valence-corrected chi connectivity index (χ0v) is 14.1. The molecule has 0 unspecified atom stereocenters. The molecule has 2 aromatic carbocycles. The van der Waals surface area contributed by atoms with Crippen molar-refractivity contribution in [2.45, 2.75) is 19.8 Å². The number of rotatable bonds is 5. The molecule has 0 atom stereocenters. The molecule has 0 aliphatic carbocycles. The lowest BCUT2D eigenvalue weighted by atomic mass is 10.1. The van der Waals surface area contributed by atoms with E-state index >= 15 is 0 Å². The molecule has 1 aromatic heterocycles. The number of ether oxygens (including phenoxy) is 2. The molecule has 3 aromatic rings. The van der Waals surface area contributed by atoms with Crippen LogP contribution in [0.3, 0.4) is 0 Å². The summed E-state index contributed by atoms with van der Waals surface area (Å²) in [5.41, 5.74) is 3.94. The third kappa shape index (κ3) is 3.27. The lowest BCUT2D eigenvalue weighted by Gasteiger charge is -2.05. The van der Waals surface area contributed by atoms with Gasteiger partial charge < -0.3 is 13.9 Å². The number of carbonyl (C=O) groups is 1. The van der Waals surface area contributed by atoms with E-state index in [0.717, 1.165) is 27.9 Å². The second kappa shape index (κ2) is 6.79. The highest BCUT2D eigenvalue weighted by Crippen LogP contribution is 2.35. The maximum atomic E-state index is 11.4. The van der Waals surface area contributed by atoms with Crippen molar-refractivity contribution in [2.75, 3.05) is 14.2 Å². The number of esters is 1. The number of fused-ring (bicyclic) bond motifs is 1. The maximum Gasteiger partial charge on any atom is 0.305 e. The largest absolute Gasteiger partial charge is 0.493 e. The first-order valence-electron chi connectivity index (χ1n) is 7.85. The maximum absolute atomic E-state index is 11.4. The molecule has 24 heavy (non-hydrogen) atoms. The van der Waals surface area contributed by atoms with Crippen molar-refractivity contribution in [3.05, 3.63) is 53.6 Å². The summed E-state index contributed by atoms with van der Waals surface area (Å²) >= 11 is 0. The Bertz CT molecular complexity index is 876.